The van der Waals surface area contributed by atoms with Crippen LogP contribution in [0.15, 0.2) is 60.8 Å². The van der Waals surface area contributed by atoms with E-state index in [1.54, 1.807) is 12.1 Å². The zero-order valence-corrected chi connectivity index (χ0v) is 19.2. The van der Waals surface area contributed by atoms with E-state index in [0.29, 0.717) is 6.04 Å². The number of rotatable bonds is 5. The lowest BCUT2D eigenvalue weighted by Crippen LogP contribution is -2.29. The highest BCUT2D eigenvalue weighted by atomic mass is 19.1. The van der Waals surface area contributed by atoms with Gasteiger partial charge in [-0.3, -0.25) is 0 Å². The maximum absolute atomic E-state index is 13.9. The van der Waals surface area contributed by atoms with Crippen molar-refractivity contribution in [1.82, 2.24) is 24.9 Å². The van der Waals surface area contributed by atoms with Gasteiger partial charge in [-0.05, 0) is 68.3 Å². The van der Waals surface area contributed by atoms with Gasteiger partial charge in [-0.1, -0.05) is 18.2 Å². The maximum atomic E-state index is 13.9. The van der Waals surface area contributed by atoms with Crippen molar-refractivity contribution < 1.29 is 4.39 Å². The van der Waals surface area contributed by atoms with Gasteiger partial charge in [0.2, 0.25) is 0 Å². The minimum absolute atomic E-state index is 0.115. The van der Waals surface area contributed by atoms with Crippen molar-refractivity contribution in [3.63, 3.8) is 0 Å². The number of anilines is 2. The number of nitrogens with one attached hydrogen (secondary N) is 1. The van der Waals surface area contributed by atoms with Gasteiger partial charge in [-0.25, -0.2) is 18.9 Å². The van der Waals surface area contributed by atoms with Crippen molar-refractivity contribution in [2.45, 2.75) is 31.3 Å². The number of halogens is 1. The summed E-state index contributed by atoms with van der Waals surface area (Å²) < 4.78 is 15.8. The van der Waals surface area contributed by atoms with Crippen LogP contribution in [0, 0.1) is 5.82 Å². The molecular formula is C26H28FN7. The van der Waals surface area contributed by atoms with Gasteiger partial charge in [0.1, 0.15) is 23.1 Å². The van der Waals surface area contributed by atoms with Crippen molar-refractivity contribution >= 4 is 17.3 Å². The molecular weight excluding hydrogens is 429 g/mol. The fourth-order valence-corrected chi connectivity index (χ4v) is 5.24. The molecule has 1 aromatic carbocycles. The summed E-state index contributed by atoms with van der Waals surface area (Å²) in [4.78, 5) is 14.1. The summed E-state index contributed by atoms with van der Waals surface area (Å²) in [5.41, 5.74) is 3.49. The molecule has 8 heteroatoms. The van der Waals surface area contributed by atoms with E-state index in [0.717, 1.165) is 73.1 Å². The standard InChI is InChI=1S/C26H28FN7/c1-28-20-12-14-32(17-20)25-9-3-7-21(30-25)23-16-29-24-10-11-26(31-34(23)24)33-13-4-8-22(33)18-5-2-6-19(27)15-18/h2-3,5-7,9-11,15-16,20,22,28H,4,8,12-14,17H2,1H3. The predicted octanol–water partition coefficient (Wildman–Crippen LogP) is 4.07. The van der Waals surface area contributed by atoms with E-state index < -0.39 is 0 Å². The number of likely N-dealkylation sites (N-methyl/N-ethyl adjacent to an activating group) is 1. The van der Waals surface area contributed by atoms with E-state index in [9.17, 15) is 4.39 Å². The Labute approximate surface area is 198 Å². The third-order valence-corrected chi connectivity index (χ3v) is 7.05. The quantitative estimate of drug-likeness (QED) is 0.488. The van der Waals surface area contributed by atoms with Gasteiger partial charge >= 0.3 is 0 Å². The predicted molar refractivity (Wildman–Crippen MR) is 132 cm³/mol. The Balaban J connectivity index is 1.34. The Morgan fingerprint density at radius 3 is 2.76 bits per heavy atom. The first-order chi connectivity index (χ1) is 16.7. The molecule has 34 heavy (non-hydrogen) atoms. The van der Waals surface area contributed by atoms with E-state index in [1.165, 1.54) is 6.07 Å². The summed E-state index contributed by atoms with van der Waals surface area (Å²) in [5.74, 6) is 1.65. The third kappa shape index (κ3) is 3.77. The van der Waals surface area contributed by atoms with Gasteiger partial charge in [-0.15, -0.1) is 5.10 Å². The second kappa shape index (κ2) is 8.68. The molecule has 3 aromatic heterocycles. The lowest BCUT2D eigenvalue weighted by atomic mass is 10.0. The minimum atomic E-state index is -0.199. The molecule has 2 atom stereocenters. The molecule has 1 N–H and O–H groups in total. The molecule has 2 fully saturated rings. The lowest BCUT2D eigenvalue weighted by Gasteiger charge is -2.26. The molecule has 2 aliphatic rings. The van der Waals surface area contributed by atoms with Crippen LogP contribution in [-0.2, 0) is 0 Å². The lowest BCUT2D eigenvalue weighted by molar-refractivity contribution is 0.616. The van der Waals surface area contributed by atoms with Crippen molar-refractivity contribution in [1.29, 1.82) is 0 Å². The molecule has 2 saturated heterocycles. The van der Waals surface area contributed by atoms with Crippen LogP contribution >= 0.6 is 0 Å². The molecule has 2 aliphatic heterocycles. The van der Waals surface area contributed by atoms with Crippen LogP contribution in [0.2, 0.25) is 0 Å². The maximum Gasteiger partial charge on any atom is 0.154 e. The molecule has 0 amide bonds. The third-order valence-electron chi connectivity index (χ3n) is 7.05. The minimum Gasteiger partial charge on any atom is -0.355 e. The monoisotopic (exact) mass is 457 g/mol. The van der Waals surface area contributed by atoms with E-state index in [2.05, 4.69) is 26.2 Å². The Hall–Kier alpha value is -3.52. The Bertz CT molecular complexity index is 1320. The van der Waals surface area contributed by atoms with Crippen molar-refractivity contribution in [3.8, 4) is 11.4 Å². The van der Waals surface area contributed by atoms with E-state index >= 15 is 0 Å². The smallest absolute Gasteiger partial charge is 0.154 e. The summed E-state index contributed by atoms with van der Waals surface area (Å²) in [6, 6.07) is 17.7. The van der Waals surface area contributed by atoms with E-state index in [1.807, 2.05) is 48.1 Å². The van der Waals surface area contributed by atoms with Crippen molar-refractivity contribution in [3.05, 3.63) is 72.2 Å². The summed E-state index contributed by atoms with van der Waals surface area (Å²) in [7, 11) is 2.01. The molecule has 0 radical (unpaired) electrons. The Kier molecular flexibility index (Phi) is 5.37. The molecule has 7 nitrogen and oxygen atoms in total. The number of fused-ring (bicyclic) bond motifs is 1. The van der Waals surface area contributed by atoms with Crippen molar-refractivity contribution in [2.24, 2.45) is 0 Å². The number of hydrogen-bond donors (Lipinski definition) is 1. The number of aromatic nitrogens is 4. The average Bonchev–Trinajstić information content (AvgIpc) is 3.63. The molecule has 0 bridgehead atoms. The van der Waals surface area contributed by atoms with Crippen LogP contribution in [0.5, 0.6) is 0 Å². The molecule has 174 valence electrons. The Morgan fingerprint density at radius 1 is 1.00 bits per heavy atom. The number of hydrogen-bond acceptors (Lipinski definition) is 6. The summed E-state index contributed by atoms with van der Waals surface area (Å²) in [6.45, 7) is 2.84. The fourth-order valence-electron chi connectivity index (χ4n) is 5.24. The van der Waals surface area contributed by atoms with Crippen LogP contribution in [0.25, 0.3) is 17.0 Å². The number of benzene rings is 1. The summed E-state index contributed by atoms with van der Waals surface area (Å²) >= 11 is 0. The SMILES string of the molecule is CNC1CCN(c2cccc(-c3cnc4ccc(N5CCCC5c5cccc(F)c5)nn34)n2)C1. The van der Waals surface area contributed by atoms with Gasteiger partial charge in [-0.2, -0.15) is 0 Å². The highest BCUT2D eigenvalue weighted by Crippen LogP contribution is 2.35. The van der Waals surface area contributed by atoms with Gasteiger partial charge < -0.3 is 15.1 Å². The molecule has 2 unspecified atom stereocenters. The molecule has 5 heterocycles. The highest BCUT2D eigenvalue weighted by Gasteiger charge is 2.28. The average molecular weight is 458 g/mol. The topological polar surface area (TPSA) is 61.6 Å². The second-order valence-electron chi connectivity index (χ2n) is 9.11. The van der Waals surface area contributed by atoms with E-state index in [-0.39, 0.29) is 11.9 Å². The summed E-state index contributed by atoms with van der Waals surface area (Å²) in [6.07, 6.45) is 4.98. The summed E-state index contributed by atoms with van der Waals surface area (Å²) in [5, 5.41) is 8.33. The normalized spacial score (nSPS) is 20.5. The van der Waals surface area contributed by atoms with Crippen molar-refractivity contribution in [2.75, 3.05) is 36.5 Å². The Morgan fingerprint density at radius 2 is 1.91 bits per heavy atom. The first-order valence-electron chi connectivity index (χ1n) is 12.0. The van der Waals surface area contributed by atoms with Gasteiger partial charge in [0.05, 0.1) is 17.9 Å². The second-order valence-corrected chi connectivity index (χ2v) is 9.11. The van der Waals surface area contributed by atoms with Gasteiger partial charge in [0.25, 0.3) is 0 Å². The molecule has 0 spiro atoms. The first-order valence-corrected chi connectivity index (χ1v) is 12.0. The number of imidazole rings is 1. The molecule has 0 saturated carbocycles. The molecule has 4 aromatic rings. The van der Waals surface area contributed by atoms with Crippen LogP contribution in [0.3, 0.4) is 0 Å². The van der Waals surface area contributed by atoms with Crippen LogP contribution in [-0.4, -0.2) is 52.3 Å². The van der Waals surface area contributed by atoms with Crippen LogP contribution in [0.1, 0.15) is 30.9 Å². The van der Waals surface area contributed by atoms with E-state index in [4.69, 9.17) is 10.1 Å². The van der Waals surface area contributed by atoms with Gasteiger partial charge in [0.15, 0.2) is 5.65 Å². The zero-order chi connectivity index (χ0) is 23.1. The van der Waals surface area contributed by atoms with Gasteiger partial charge in [0, 0.05) is 25.7 Å². The fraction of sp³-hybridized carbons (Fsp3) is 0.346. The van der Waals surface area contributed by atoms with Crippen LogP contribution < -0.4 is 15.1 Å². The zero-order valence-electron chi connectivity index (χ0n) is 19.2. The number of pyridine rings is 1. The number of nitrogens with zero attached hydrogens (tertiary/aromatic N) is 6. The largest absolute Gasteiger partial charge is 0.355 e. The molecule has 0 aliphatic carbocycles. The van der Waals surface area contributed by atoms with Crippen LogP contribution in [0.4, 0.5) is 16.0 Å². The highest BCUT2D eigenvalue weighted by molar-refractivity contribution is 5.63. The first kappa shape index (κ1) is 21.0. The molecule has 6 rings (SSSR count).